The third kappa shape index (κ3) is 1.35. The monoisotopic (exact) mass is 226 g/mol. The first kappa shape index (κ1) is 10.3. The fourth-order valence-corrected chi connectivity index (χ4v) is 2.58. The molecule has 3 rings (SSSR count). The molecule has 4 nitrogen and oxygen atoms in total. The summed E-state index contributed by atoms with van der Waals surface area (Å²) in [5.74, 6) is 1.44. The van der Waals surface area contributed by atoms with Gasteiger partial charge in [0.1, 0.15) is 11.9 Å². The zero-order chi connectivity index (χ0) is 12.0. The molecule has 0 amide bonds. The van der Waals surface area contributed by atoms with E-state index in [0.717, 1.165) is 22.9 Å². The van der Waals surface area contributed by atoms with E-state index in [-0.39, 0.29) is 0 Å². The molecule has 17 heavy (non-hydrogen) atoms. The minimum Gasteiger partial charge on any atom is -0.283 e. The summed E-state index contributed by atoms with van der Waals surface area (Å²) < 4.78 is 2.07. The van der Waals surface area contributed by atoms with Crippen molar-refractivity contribution in [1.82, 2.24) is 14.4 Å². The lowest BCUT2D eigenvalue weighted by molar-refractivity contribution is 0.406. The van der Waals surface area contributed by atoms with Gasteiger partial charge in [-0.1, -0.05) is 6.42 Å². The number of hydrogen-bond donors (Lipinski definition) is 0. The molecule has 1 saturated carbocycles. The molecule has 1 aliphatic carbocycles. The SMILES string of the molecule is Cc1nc(C)n2c(C3CCC3)c(C#N)cnc12. The van der Waals surface area contributed by atoms with Crippen LogP contribution in [0.15, 0.2) is 6.20 Å². The molecular weight excluding hydrogens is 212 g/mol. The van der Waals surface area contributed by atoms with E-state index < -0.39 is 0 Å². The smallest absolute Gasteiger partial charge is 0.159 e. The number of rotatable bonds is 1. The highest BCUT2D eigenvalue weighted by molar-refractivity contribution is 5.51. The molecule has 0 bridgehead atoms. The average molecular weight is 226 g/mol. The molecule has 86 valence electrons. The summed E-state index contributed by atoms with van der Waals surface area (Å²) in [4.78, 5) is 8.81. The lowest BCUT2D eigenvalue weighted by atomic mass is 9.81. The molecule has 2 heterocycles. The van der Waals surface area contributed by atoms with Crippen molar-refractivity contribution in [3.63, 3.8) is 0 Å². The molecule has 2 aromatic heterocycles. The van der Waals surface area contributed by atoms with Crippen LogP contribution in [0.1, 0.15) is 48.0 Å². The van der Waals surface area contributed by atoms with Crippen molar-refractivity contribution in [2.75, 3.05) is 0 Å². The highest BCUT2D eigenvalue weighted by Gasteiger charge is 2.26. The number of hydrogen-bond acceptors (Lipinski definition) is 3. The van der Waals surface area contributed by atoms with E-state index in [9.17, 15) is 5.26 Å². The van der Waals surface area contributed by atoms with Crippen LogP contribution < -0.4 is 0 Å². The number of nitrogens with zero attached hydrogens (tertiary/aromatic N) is 4. The van der Waals surface area contributed by atoms with Crippen LogP contribution >= 0.6 is 0 Å². The van der Waals surface area contributed by atoms with Gasteiger partial charge >= 0.3 is 0 Å². The molecule has 0 atom stereocenters. The Hall–Kier alpha value is -1.89. The Kier molecular flexibility index (Phi) is 2.15. The van der Waals surface area contributed by atoms with E-state index in [4.69, 9.17) is 0 Å². The summed E-state index contributed by atoms with van der Waals surface area (Å²) in [6.07, 6.45) is 5.29. The Bertz CT molecular complexity index is 629. The fraction of sp³-hybridized carbons (Fsp3) is 0.462. The Morgan fingerprint density at radius 3 is 2.76 bits per heavy atom. The molecular formula is C13H14N4. The zero-order valence-corrected chi connectivity index (χ0v) is 10.1. The molecule has 0 radical (unpaired) electrons. The van der Waals surface area contributed by atoms with Crippen LogP contribution in [0.4, 0.5) is 0 Å². The quantitative estimate of drug-likeness (QED) is 0.750. The fourth-order valence-electron chi connectivity index (χ4n) is 2.58. The van der Waals surface area contributed by atoms with Crippen molar-refractivity contribution >= 4 is 5.65 Å². The van der Waals surface area contributed by atoms with Crippen LogP contribution in [-0.2, 0) is 0 Å². The number of imidazole rings is 1. The van der Waals surface area contributed by atoms with Crippen molar-refractivity contribution < 1.29 is 0 Å². The lowest BCUT2D eigenvalue weighted by Crippen LogP contribution is -2.16. The Morgan fingerprint density at radius 2 is 2.18 bits per heavy atom. The van der Waals surface area contributed by atoms with Gasteiger partial charge in [0.15, 0.2) is 5.65 Å². The maximum absolute atomic E-state index is 9.22. The molecule has 0 unspecified atom stereocenters. The van der Waals surface area contributed by atoms with Crippen LogP contribution in [0, 0.1) is 25.2 Å². The van der Waals surface area contributed by atoms with Gasteiger partial charge in [0, 0.05) is 17.8 Å². The van der Waals surface area contributed by atoms with Gasteiger partial charge in [-0.25, -0.2) is 9.97 Å². The van der Waals surface area contributed by atoms with E-state index >= 15 is 0 Å². The molecule has 1 fully saturated rings. The first-order valence-electron chi connectivity index (χ1n) is 5.97. The van der Waals surface area contributed by atoms with E-state index in [1.807, 2.05) is 13.8 Å². The van der Waals surface area contributed by atoms with Gasteiger partial charge in [0.2, 0.25) is 0 Å². The standard InChI is InChI=1S/C13H14N4/c1-8-13-15-7-11(6-14)12(10-4-3-5-10)17(13)9(2)16-8/h7,10H,3-5H2,1-2H3. The molecule has 1 aliphatic rings. The predicted molar refractivity (Wildman–Crippen MR) is 63.8 cm³/mol. The van der Waals surface area contributed by atoms with Gasteiger partial charge in [-0.2, -0.15) is 5.26 Å². The summed E-state index contributed by atoms with van der Waals surface area (Å²) >= 11 is 0. The molecule has 0 N–H and O–H groups in total. The molecule has 0 aromatic carbocycles. The van der Waals surface area contributed by atoms with Crippen LogP contribution in [-0.4, -0.2) is 14.4 Å². The topological polar surface area (TPSA) is 54.0 Å². The largest absolute Gasteiger partial charge is 0.283 e. The maximum Gasteiger partial charge on any atom is 0.159 e. The Labute approximate surface area is 99.9 Å². The number of nitriles is 1. The lowest BCUT2D eigenvalue weighted by Gasteiger charge is -2.27. The van der Waals surface area contributed by atoms with Crippen molar-refractivity contribution in [3.05, 3.63) is 29.0 Å². The van der Waals surface area contributed by atoms with Crippen molar-refractivity contribution in [2.45, 2.75) is 39.0 Å². The summed E-state index contributed by atoms with van der Waals surface area (Å²) in [7, 11) is 0. The van der Waals surface area contributed by atoms with Gasteiger partial charge in [0.05, 0.1) is 11.3 Å². The highest BCUT2D eigenvalue weighted by Crippen LogP contribution is 2.38. The van der Waals surface area contributed by atoms with Crippen LogP contribution in [0.5, 0.6) is 0 Å². The minimum atomic E-state index is 0.502. The molecule has 0 saturated heterocycles. The Morgan fingerprint density at radius 1 is 1.41 bits per heavy atom. The second kappa shape index (κ2) is 3.56. The zero-order valence-electron chi connectivity index (χ0n) is 10.1. The van der Waals surface area contributed by atoms with Crippen molar-refractivity contribution in [3.8, 4) is 6.07 Å². The maximum atomic E-state index is 9.22. The molecule has 0 spiro atoms. The number of aromatic nitrogens is 3. The Balaban J connectivity index is 2.37. The summed E-state index contributed by atoms with van der Waals surface area (Å²) in [5, 5.41) is 9.22. The molecule has 0 aliphatic heterocycles. The first-order chi connectivity index (χ1) is 8.22. The summed E-state index contributed by atoms with van der Waals surface area (Å²) in [6.45, 7) is 3.94. The molecule has 4 heteroatoms. The van der Waals surface area contributed by atoms with E-state index in [1.165, 1.54) is 19.3 Å². The van der Waals surface area contributed by atoms with Crippen LogP contribution in [0.3, 0.4) is 0 Å². The summed E-state index contributed by atoms with van der Waals surface area (Å²) in [5.41, 5.74) is 3.64. The van der Waals surface area contributed by atoms with Crippen molar-refractivity contribution in [1.29, 1.82) is 5.26 Å². The first-order valence-corrected chi connectivity index (χ1v) is 5.97. The van der Waals surface area contributed by atoms with Crippen LogP contribution in [0.25, 0.3) is 5.65 Å². The van der Waals surface area contributed by atoms with E-state index in [1.54, 1.807) is 6.20 Å². The highest BCUT2D eigenvalue weighted by atomic mass is 15.1. The van der Waals surface area contributed by atoms with Gasteiger partial charge in [-0.05, 0) is 26.7 Å². The third-order valence-corrected chi connectivity index (χ3v) is 3.63. The van der Waals surface area contributed by atoms with Crippen LogP contribution in [0.2, 0.25) is 0 Å². The van der Waals surface area contributed by atoms with E-state index in [2.05, 4.69) is 20.4 Å². The predicted octanol–water partition coefficient (Wildman–Crippen LogP) is 2.49. The second-order valence-electron chi connectivity index (χ2n) is 4.70. The minimum absolute atomic E-state index is 0.502. The number of aryl methyl sites for hydroxylation is 2. The van der Waals surface area contributed by atoms with Gasteiger partial charge in [-0.3, -0.25) is 4.40 Å². The van der Waals surface area contributed by atoms with E-state index in [0.29, 0.717) is 11.5 Å². The number of fused-ring (bicyclic) bond motifs is 1. The van der Waals surface area contributed by atoms with Crippen molar-refractivity contribution in [2.24, 2.45) is 0 Å². The normalized spacial score (nSPS) is 15.8. The molecule has 2 aromatic rings. The average Bonchev–Trinajstić information content (AvgIpc) is 2.53. The van der Waals surface area contributed by atoms with Gasteiger partial charge in [0.25, 0.3) is 0 Å². The third-order valence-electron chi connectivity index (χ3n) is 3.63. The summed E-state index contributed by atoms with van der Waals surface area (Å²) in [6, 6.07) is 2.26. The van der Waals surface area contributed by atoms with Gasteiger partial charge < -0.3 is 0 Å². The second-order valence-corrected chi connectivity index (χ2v) is 4.70. The van der Waals surface area contributed by atoms with Gasteiger partial charge in [-0.15, -0.1) is 0 Å².